The van der Waals surface area contributed by atoms with Crippen LogP contribution in [-0.4, -0.2) is 19.1 Å². The van der Waals surface area contributed by atoms with Crippen LogP contribution in [0.3, 0.4) is 0 Å². The van der Waals surface area contributed by atoms with Gasteiger partial charge in [0.1, 0.15) is 5.58 Å². The second kappa shape index (κ2) is 11.6. The monoisotopic (exact) mass is 704 g/mol. The Kier molecular flexibility index (Phi) is 6.39. The van der Waals surface area contributed by atoms with Gasteiger partial charge in [-0.3, -0.25) is 0 Å². The van der Waals surface area contributed by atoms with Gasteiger partial charge in [-0.05, 0) is 49.2 Å². The first kappa shape index (κ1) is 30.2. The van der Waals surface area contributed by atoms with Crippen molar-refractivity contribution in [2.45, 2.75) is 12.8 Å². The third-order valence-electron chi connectivity index (χ3n) is 11.4. The molecule has 55 heavy (non-hydrogen) atoms. The Morgan fingerprint density at radius 3 is 2.16 bits per heavy atom. The number of furan rings is 1. The lowest BCUT2D eigenvalue weighted by molar-refractivity contribution is 0.665. The predicted molar refractivity (Wildman–Crippen MR) is 226 cm³/mol. The van der Waals surface area contributed by atoms with Crippen LogP contribution in [-0.2, 0) is 6.42 Å². The fourth-order valence-corrected chi connectivity index (χ4v) is 9.07. The highest BCUT2D eigenvalue weighted by molar-refractivity contribution is 6.20. The highest BCUT2D eigenvalue weighted by Crippen LogP contribution is 2.45. The number of hydrogen-bond donors (Lipinski definition) is 0. The Morgan fingerprint density at radius 1 is 0.545 bits per heavy atom. The number of benzene rings is 7. The van der Waals surface area contributed by atoms with Gasteiger partial charge in [0.2, 0.25) is 0 Å². The minimum absolute atomic E-state index is 0.680. The molecule has 4 aromatic heterocycles. The van der Waals surface area contributed by atoms with Crippen molar-refractivity contribution < 1.29 is 4.42 Å². The minimum atomic E-state index is 0.680. The van der Waals surface area contributed by atoms with Crippen LogP contribution in [0.15, 0.2) is 168 Å². The lowest BCUT2D eigenvalue weighted by atomic mass is 10.0. The van der Waals surface area contributed by atoms with Crippen LogP contribution in [0, 0.1) is 0 Å². The number of rotatable bonds is 4. The van der Waals surface area contributed by atoms with Gasteiger partial charge in [0, 0.05) is 60.4 Å². The van der Waals surface area contributed by atoms with Gasteiger partial charge in [-0.2, -0.15) is 0 Å². The zero-order valence-electron chi connectivity index (χ0n) is 29.8. The van der Waals surface area contributed by atoms with Crippen LogP contribution >= 0.6 is 0 Å². The molecule has 1 aliphatic carbocycles. The van der Waals surface area contributed by atoms with E-state index >= 15 is 0 Å². The minimum Gasteiger partial charge on any atom is -0.454 e. The van der Waals surface area contributed by atoms with Crippen LogP contribution in [0.1, 0.15) is 17.7 Å². The second-order valence-electron chi connectivity index (χ2n) is 14.4. The molecule has 258 valence electrons. The van der Waals surface area contributed by atoms with Crippen LogP contribution in [0.5, 0.6) is 0 Å². The molecule has 0 saturated heterocycles. The molecule has 5 nitrogen and oxygen atoms in total. The molecule has 0 bridgehead atoms. The smallest absolute Gasteiger partial charge is 0.161 e. The molecule has 12 rings (SSSR count). The normalized spacial score (nSPS) is 12.9. The highest BCUT2D eigenvalue weighted by atomic mass is 16.3. The van der Waals surface area contributed by atoms with E-state index in [1.807, 2.05) is 12.1 Å². The quantitative estimate of drug-likeness (QED) is 0.183. The molecule has 11 aromatic rings. The first-order valence-electron chi connectivity index (χ1n) is 18.9. The Balaban J connectivity index is 1.18. The molecule has 0 N–H and O–H groups in total. The van der Waals surface area contributed by atoms with E-state index in [1.54, 1.807) is 0 Å². The molecular weight excluding hydrogens is 673 g/mol. The number of hydrogen-bond acceptors (Lipinski definition) is 3. The second-order valence-corrected chi connectivity index (χ2v) is 14.4. The molecule has 0 unspecified atom stereocenters. The van der Waals surface area contributed by atoms with E-state index < -0.39 is 0 Å². The van der Waals surface area contributed by atoms with Crippen LogP contribution in [0.25, 0.3) is 106 Å². The summed E-state index contributed by atoms with van der Waals surface area (Å²) in [6, 6.07) is 55.6. The molecular formula is C50H32N4O. The largest absolute Gasteiger partial charge is 0.454 e. The lowest BCUT2D eigenvalue weighted by Crippen LogP contribution is -2.04. The molecule has 5 heteroatoms. The summed E-state index contributed by atoms with van der Waals surface area (Å²) in [5.74, 6) is 0.680. The lowest BCUT2D eigenvalue weighted by Gasteiger charge is -2.15. The maximum absolute atomic E-state index is 7.00. The molecule has 7 aromatic carbocycles. The number of aromatic nitrogens is 4. The SMILES string of the molecule is C1=Cc2c(n(-c3cccc4c3oc3cccc(-c5nc(-c6ccccc6)c6ccccc6n5)c34)c3c2ccc2c4ccccc4n(-c4ccccc4)c23)CC1. The van der Waals surface area contributed by atoms with Gasteiger partial charge in [-0.1, -0.05) is 133 Å². The van der Waals surface area contributed by atoms with E-state index in [-0.39, 0.29) is 0 Å². The zero-order valence-corrected chi connectivity index (χ0v) is 29.8. The van der Waals surface area contributed by atoms with E-state index in [1.165, 1.54) is 44.0 Å². The van der Waals surface area contributed by atoms with E-state index in [4.69, 9.17) is 14.4 Å². The Bertz CT molecular complexity index is 3370. The van der Waals surface area contributed by atoms with Crippen molar-refractivity contribution in [2.24, 2.45) is 0 Å². The van der Waals surface area contributed by atoms with Crippen molar-refractivity contribution in [3.63, 3.8) is 0 Å². The van der Waals surface area contributed by atoms with Gasteiger partial charge in [-0.25, -0.2) is 9.97 Å². The topological polar surface area (TPSA) is 48.8 Å². The predicted octanol–water partition coefficient (Wildman–Crippen LogP) is 12.9. The van der Waals surface area contributed by atoms with Gasteiger partial charge < -0.3 is 13.6 Å². The maximum atomic E-state index is 7.00. The van der Waals surface area contributed by atoms with Crippen LogP contribution < -0.4 is 0 Å². The number of allylic oxidation sites excluding steroid dienone is 1. The summed E-state index contributed by atoms with van der Waals surface area (Å²) < 4.78 is 11.9. The molecule has 4 heterocycles. The fourth-order valence-electron chi connectivity index (χ4n) is 9.07. The third kappa shape index (κ3) is 4.35. The molecule has 1 aliphatic rings. The summed E-state index contributed by atoms with van der Waals surface area (Å²) in [5, 5.41) is 6.79. The van der Waals surface area contributed by atoms with E-state index in [2.05, 4.69) is 167 Å². The zero-order chi connectivity index (χ0) is 36.0. The van der Waals surface area contributed by atoms with Gasteiger partial charge >= 0.3 is 0 Å². The van der Waals surface area contributed by atoms with Crippen LogP contribution in [0.2, 0.25) is 0 Å². The number of nitrogens with zero attached hydrogens (tertiary/aromatic N) is 4. The molecule has 0 saturated carbocycles. The molecule has 0 spiro atoms. The van der Waals surface area contributed by atoms with Gasteiger partial charge in [0.25, 0.3) is 0 Å². The van der Waals surface area contributed by atoms with Crippen molar-refractivity contribution in [1.82, 2.24) is 19.1 Å². The van der Waals surface area contributed by atoms with Crippen molar-refractivity contribution in [2.75, 3.05) is 0 Å². The van der Waals surface area contributed by atoms with E-state index in [0.29, 0.717) is 5.82 Å². The van der Waals surface area contributed by atoms with E-state index in [0.717, 1.165) is 73.9 Å². The van der Waals surface area contributed by atoms with Crippen LogP contribution in [0.4, 0.5) is 0 Å². The standard InChI is InChI=1S/C50H32N4O/c1-3-15-31(16-4-1)46-37-21-7-10-24-40(37)51-50(52-46)39-23-14-28-44-45(39)38-22-13-27-43(49(38)55-44)54-42-26-12-9-20-34(42)36-30-29-35-33-19-8-11-25-41(33)53(47(35)48(36)54)32-17-5-2-6-18-32/h1-11,13-25,27-30H,12,26H2. The number of para-hydroxylation sites is 4. The highest BCUT2D eigenvalue weighted by Gasteiger charge is 2.27. The third-order valence-corrected chi connectivity index (χ3v) is 11.4. The Hall–Kier alpha value is -7.24. The van der Waals surface area contributed by atoms with Crippen molar-refractivity contribution >= 4 is 71.6 Å². The summed E-state index contributed by atoms with van der Waals surface area (Å²) in [6.07, 6.45) is 6.54. The first-order chi connectivity index (χ1) is 27.3. The average molecular weight is 705 g/mol. The summed E-state index contributed by atoms with van der Waals surface area (Å²) in [5.41, 5.74) is 13.8. The maximum Gasteiger partial charge on any atom is 0.161 e. The van der Waals surface area contributed by atoms with Crippen molar-refractivity contribution in [1.29, 1.82) is 0 Å². The molecule has 0 aliphatic heterocycles. The fraction of sp³-hybridized carbons (Fsp3) is 0.0400. The van der Waals surface area contributed by atoms with Gasteiger partial charge in [-0.15, -0.1) is 0 Å². The molecule has 0 radical (unpaired) electrons. The summed E-state index contributed by atoms with van der Waals surface area (Å²) in [7, 11) is 0. The number of fused-ring (bicyclic) bond motifs is 11. The van der Waals surface area contributed by atoms with E-state index in [9.17, 15) is 0 Å². The Morgan fingerprint density at radius 2 is 1.27 bits per heavy atom. The summed E-state index contributed by atoms with van der Waals surface area (Å²) in [6.45, 7) is 0. The van der Waals surface area contributed by atoms with Gasteiger partial charge in [0.05, 0.1) is 33.4 Å². The van der Waals surface area contributed by atoms with Gasteiger partial charge in [0.15, 0.2) is 11.4 Å². The van der Waals surface area contributed by atoms with Crippen molar-refractivity contribution in [3.05, 3.63) is 175 Å². The first-order valence-corrected chi connectivity index (χ1v) is 18.9. The molecule has 0 amide bonds. The molecule has 0 fully saturated rings. The Labute approximate surface area is 316 Å². The van der Waals surface area contributed by atoms with Crippen molar-refractivity contribution in [3.8, 4) is 34.0 Å². The molecule has 0 atom stereocenters. The average Bonchev–Trinajstić information content (AvgIpc) is 3.92. The summed E-state index contributed by atoms with van der Waals surface area (Å²) >= 11 is 0. The summed E-state index contributed by atoms with van der Waals surface area (Å²) in [4.78, 5) is 10.4.